The molecule has 7 heteroatoms. The van der Waals surface area contributed by atoms with Gasteiger partial charge in [-0.25, -0.2) is 0 Å². The van der Waals surface area contributed by atoms with Crippen molar-refractivity contribution in [1.29, 1.82) is 0 Å². The number of fused-ring (bicyclic) bond motifs is 2. The van der Waals surface area contributed by atoms with Crippen LogP contribution in [0.4, 0.5) is 5.69 Å². The number of likely N-dealkylation sites (tertiary alicyclic amines) is 1. The Morgan fingerprint density at radius 2 is 2.00 bits per heavy atom. The minimum atomic E-state index is -0.173. The molecule has 2 fully saturated rings. The van der Waals surface area contributed by atoms with Gasteiger partial charge in [-0.3, -0.25) is 24.4 Å². The SMILES string of the molecule is CN1C(CCC(=O)N2CCc3ccccc32)CNC(=O)C2C1CCN2Cc1ccccn1. The number of carbonyl (C=O) groups is 2. The summed E-state index contributed by atoms with van der Waals surface area (Å²) in [6.07, 6.45) is 4.92. The highest BCUT2D eigenvalue weighted by atomic mass is 16.2. The summed E-state index contributed by atoms with van der Waals surface area (Å²) in [5.41, 5.74) is 3.29. The van der Waals surface area contributed by atoms with Gasteiger partial charge in [-0.05, 0) is 50.1 Å². The van der Waals surface area contributed by atoms with Gasteiger partial charge < -0.3 is 10.2 Å². The van der Waals surface area contributed by atoms with Crippen molar-refractivity contribution in [2.45, 2.75) is 50.4 Å². The number of nitrogens with one attached hydrogen (secondary N) is 1. The van der Waals surface area contributed by atoms with Gasteiger partial charge in [-0.15, -0.1) is 0 Å². The molecule has 0 spiro atoms. The van der Waals surface area contributed by atoms with Crippen LogP contribution in [0.25, 0.3) is 0 Å². The fourth-order valence-corrected chi connectivity index (χ4v) is 5.55. The lowest BCUT2D eigenvalue weighted by Crippen LogP contribution is -2.49. The molecule has 3 atom stereocenters. The summed E-state index contributed by atoms with van der Waals surface area (Å²) in [5, 5.41) is 3.15. The zero-order chi connectivity index (χ0) is 22.1. The Morgan fingerprint density at radius 3 is 2.84 bits per heavy atom. The molecule has 2 aromatic rings. The molecule has 0 radical (unpaired) electrons. The van der Waals surface area contributed by atoms with E-state index in [0.717, 1.165) is 43.7 Å². The highest BCUT2D eigenvalue weighted by molar-refractivity contribution is 5.95. The number of amides is 2. The number of aromatic nitrogens is 1. The Hall–Kier alpha value is -2.77. The van der Waals surface area contributed by atoms with Crippen LogP contribution in [0.5, 0.6) is 0 Å². The van der Waals surface area contributed by atoms with Crippen molar-refractivity contribution >= 4 is 17.5 Å². The van der Waals surface area contributed by atoms with E-state index < -0.39 is 0 Å². The van der Waals surface area contributed by atoms with Gasteiger partial charge >= 0.3 is 0 Å². The van der Waals surface area contributed by atoms with Crippen LogP contribution in [0.1, 0.15) is 30.5 Å². The highest BCUT2D eigenvalue weighted by Crippen LogP contribution is 2.30. The van der Waals surface area contributed by atoms with E-state index in [1.807, 2.05) is 41.3 Å². The molecule has 7 nitrogen and oxygen atoms in total. The summed E-state index contributed by atoms with van der Waals surface area (Å²) in [6.45, 7) is 2.91. The normalized spacial score (nSPS) is 25.8. The molecule has 5 rings (SSSR count). The minimum Gasteiger partial charge on any atom is -0.353 e. The van der Waals surface area contributed by atoms with E-state index in [0.29, 0.717) is 19.5 Å². The van der Waals surface area contributed by atoms with Gasteiger partial charge in [0.2, 0.25) is 11.8 Å². The van der Waals surface area contributed by atoms with Gasteiger partial charge in [0.25, 0.3) is 0 Å². The van der Waals surface area contributed by atoms with Gasteiger partial charge in [0.1, 0.15) is 6.04 Å². The first kappa shape index (κ1) is 21.1. The van der Waals surface area contributed by atoms with E-state index in [1.54, 1.807) is 6.20 Å². The predicted molar refractivity (Wildman–Crippen MR) is 123 cm³/mol. The van der Waals surface area contributed by atoms with Crippen LogP contribution in [0.3, 0.4) is 0 Å². The molecular weight excluding hydrogens is 402 g/mol. The third kappa shape index (κ3) is 4.02. The number of hydrogen-bond donors (Lipinski definition) is 1. The van der Waals surface area contributed by atoms with Crippen molar-refractivity contribution in [1.82, 2.24) is 20.1 Å². The number of carbonyl (C=O) groups excluding carboxylic acids is 2. The van der Waals surface area contributed by atoms with Crippen LogP contribution in [-0.2, 0) is 22.6 Å². The summed E-state index contributed by atoms with van der Waals surface area (Å²) >= 11 is 0. The lowest BCUT2D eigenvalue weighted by atomic mass is 10.0. The second-order valence-corrected chi connectivity index (χ2v) is 9.12. The van der Waals surface area contributed by atoms with Crippen molar-refractivity contribution in [2.24, 2.45) is 0 Å². The molecule has 32 heavy (non-hydrogen) atoms. The van der Waals surface area contributed by atoms with Crippen LogP contribution in [0.15, 0.2) is 48.7 Å². The van der Waals surface area contributed by atoms with E-state index in [4.69, 9.17) is 0 Å². The Balaban J connectivity index is 1.23. The van der Waals surface area contributed by atoms with Crippen molar-refractivity contribution < 1.29 is 9.59 Å². The van der Waals surface area contributed by atoms with Crippen LogP contribution in [0.2, 0.25) is 0 Å². The Morgan fingerprint density at radius 1 is 1.16 bits per heavy atom. The summed E-state index contributed by atoms with van der Waals surface area (Å²) < 4.78 is 0. The average molecular weight is 434 g/mol. The van der Waals surface area contributed by atoms with E-state index >= 15 is 0 Å². The van der Waals surface area contributed by atoms with Crippen LogP contribution >= 0.6 is 0 Å². The molecule has 0 saturated carbocycles. The third-order valence-corrected chi connectivity index (χ3v) is 7.32. The number of benzene rings is 1. The maximum atomic E-state index is 13.0. The molecule has 3 aliphatic rings. The maximum Gasteiger partial charge on any atom is 0.239 e. The average Bonchev–Trinajstić information content (AvgIpc) is 3.41. The largest absolute Gasteiger partial charge is 0.353 e. The minimum absolute atomic E-state index is 0.0950. The fourth-order valence-electron chi connectivity index (χ4n) is 5.55. The number of likely N-dealkylation sites (N-methyl/N-ethyl adjacent to an activating group) is 1. The highest BCUT2D eigenvalue weighted by Gasteiger charge is 2.45. The van der Waals surface area contributed by atoms with Crippen LogP contribution < -0.4 is 10.2 Å². The summed E-state index contributed by atoms with van der Waals surface area (Å²) in [4.78, 5) is 36.9. The number of hydrogen-bond acceptors (Lipinski definition) is 5. The van der Waals surface area contributed by atoms with Crippen molar-refractivity contribution in [2.75, 3.05) is 31.6 Å². The van der Waals surface area contributed by atoms with Crippen molar-refractivity contribution in [3.8, 4) is 0 Å². The molecule has 0 bridgehead atoms. The molecule has 4 heterocycles. The Kier molecular flexibility index (Phi) is 5.93. The molecule has 3 aliphatic heterocycles. The zero-order valence-electron chi connectivity index (χ0n) is 18.6. The summed E-state index contributed by atoms with van der Waals surface area (Å²) in [6, 6.07) is 14.2. The molecule has 168 valence electrons. The Bertz CT molecular complexity index is 981. The molecule has 1 aromatic heterocycles. The number of nitrogens with zero attached hydrogens (tertiary/aromatic N) is 4. The number of pyridine rings is 1. The molecule has 1 aromatic carbocycles. The van der Waals surface area contributed by atoms with Gasteiger partial charge in [-0.1, -0.05) is 24.3 Å². The molecule has 1 N–H and O–H groups in total. The van der Waals surface area contributed by atoms with E-state index in [-0.39, 0.29) is 29.9 Å². The van der Waals surface area contributed by atoms with E-state index in [9.17, 15) is 9.59 Å². The first-order valence-electron chi connectivity index (χ1n) is 11.6. The van der Waals surface area contributed by atoms with E-state index in [1.165, 1.54) is 5.56 Å². The maximum absolute atomic E-state index is 13.0. The molecule has 2 amide bonds. The van der Waals surface area contributed by atoms with Gasteiger partial charge in [0, 0.05) is 56.6 Å². The zero-order valence-corrected chi connectivity index (χ0v) is 18.6. The number of anilines is 1. The molecule has 3 unspecified atom stereocenters. The second-order valence-electron chi connectivity index (χ2n) is 9.12. The summed E-state index contributed by atoms with van der Waals surface area (Å²) in [7, 11) is 2.11. The first-order chi connectivity index (χ1) is 15.6. The lowest BCUT2D eigenvalue weighted by molar-refractivity contribution is -0.126. The first-order valence-corrected chi connectivity index (χ1v) is 11.6. The molecule has 0 aliphatic carbocycles. The smallest absolute Gasteiger partial charge is 0.239 e. The van der Waals surface area contributed by atoms with Crippen molar-refractivity contribution in [3.63, 3.8) is 0 Å². The topological polar surface area (TPSA) is 68.8 Å². The summed E-state index contributed by atoms with van der Waals surface area (Å²) in [5.74, 6) is 0.274. The standard InChI is InChI=1S/C25H31N5O2/c1-28-20(9-10-23(31)30-15-11-18-6-2-3-8-21(18)30)16-27-25(32)24-22(28)12-14-29(24)17-19-7-4-5-13-26-19/h2-8,13,20,22,24H,9-12,14-17H2,1H3,(H,27,32). The van der Waals surface area contributed by atoms with E-state index in [2.05, 4.69) is 33.2 Å². The fraction of sp³-hybridized carbons (Fsp3) is 0.480. The van der Waals surface area contributed by atoms with Crippen LogP contribution in [-0.4, -0.2) is 71.4 Å². The third-order valence-electron chi connectivity index (χ3n) is 7.32. The van der Waals surface area contributed by atoms with Crippen molar-refractivity contribution in [3.05, 3.63) is 59.9 Å². The van der Waals surface area contributed by atoms with Gasteiger partial charge in [0.15, 0.2) is 0 Å². The molecule has 2 saturated heterocycles. The monoisotopic (exact) mass is 433 g/mol. The van der Waals surface area contributed by atoms with Crippen LogP contribution in [0, 0.1) is 0 Å². The Labute approximate surface area is 189 Å². The predicted octanol–water partition coefficient (Wildman–Crippen LogP) is 1.82. The second kappa shape index (κ2) is 9.00. The van der Waals surface area contributed by atoms with Gasteiger partial charge in [0.05, 0.1) is 5.69 Å². The van der Waals surface area contributed by atoms with Gasteiger partial charge in [-0.2, -0.15) is 0 Å². The quantitative estimate of drug-likeness (QED) is 0.779. The molecular formula is C25H31N5O2. The lowest BCUT2D eigenvalue weighted by Gasteiger charge is -2.33. The number of para-hydroxylation sites is 1. The number of rotatable bonds is 5.